The number of aromatic nitrogens is 2. The van der Waals surface area contributed by atoms with E-state index in [2.05, 4.69) is 22.2 Å². The van der Waals surface area contributed by atoms with Crippen molar-refractivity contribution in [3.63, 3.8) is 0 Å². The van der Waals surface area contributed by atoms with Gasteiger partial charge in [-0.15, -0.1) is 0 Å². The minimum atomic E-state index is -0.144. The minimum absolute atomic E-state index is 0.144. The molecule has 0 atom stereocenters. The van der Waals surface area contributed by atoms with Crippen LogP contribution in [0.4, 0.5) is 11.6 Å². The Bertz CT molecular complexity index is 643. The minimum Gasteiger partial charge on any atom is -0.351 e. The zero-order valence-electron chi connectivity index (χ0n) is 14.0. The molecule has 0 radical (unpaired) electrons. The molecule has 0 aliphatic heterocycles. The topological polar surface area (TPSA) is 58.1 Å². The highest BCUT2D eigenvalue weighted by Gasteiger charge is 2.15. The van der Waals surface area contributed by atoms with Crippen molar-refractivity contribution >= 4 is 17.5 Å². The van der Waals surface area contributed by atoms with E-state index in [0.717, 1.165) is 30.8 Å². The van der Waals surface area contributed by atoms with Gasteiger partial charge in [0.1, 0.15) is 5.69 Å². The predicted octanol–water partition coefficient (Wildman–Crippen LogP) is 3.47. The van der Waals surface area contributed by atoms with Crippen LogP contribution < -0.4 is 10.2 Å². The third-order valence-corrected chi connectivity index (χ3v) is 3.52. The molecule has 0 saturated heterocycles. The highest BCUT2D eigenvalue weighted by atomic mass is 16.1. The van der Waals surface area contributed by atoms with Crippen LogP contribution in [0.2, 0.25) is 0 Å². The summed E-state index contributed by atoms with van der Waals surface area (Å²) in [5.74, 6) is 0.411. The summed E-state index contributed by atoms with van der Waals surface area (Å²) in [6.45, 7) is 7.42. The van der Waals surface area contributed by atoms with Gasteiger partial charge in [-0.25, -0.2) is 9.97 Å². The Morgan fingerprint density at radius 2 is 1.91 bits per heavy atom. The number of aryl methyl sites for hydroxylation is 1. The van der Waals surface area contributed by atoms with E-state index in [1.165, 1.54) is 0 Å². The second kappa shape index (κ2) is 8.27. The Morgan fingerprint density at radius 1 is 1.17 bits per heavy atom. The summed E-state index contributed by atoms with van der Waals surface area (Å²) in [4.78, 5) is 23.2. The second-order valence-electron chi connectivity index (χ2n) is 5.38. The molecule has 1 aromatic heterocycles. The number of unbranched alkanes of at least 4 members (excludes halogenated alkanes) is 1. The van der Waals surface area contributed by atoms with Gasteiger partial charge < -0.3 is 10.2 Å². The van der Waals surface area contributed by atoms with Gasteiger partial charge in [-0.1, -0.05) is 31.5 Å². The van der Waals surface area contributed by atoms with E-state index >= 15 is 0 Å². The SMILES string of the molecule is CCCCNC(=O)c1cc(C)nc(N(CC)c2ccccc2)n1. The molecule has 0 aliphatic rings. The molecule has 1 amide bonds. The normalized spacial score (nSPS) is 10.4. The van der Waals surface area contributed by atoms with E-state index < -0.39 is 0 Å². The van der Waals surface area contributed by atoms with Gasteiger partial charge in [-0.2, -0.15) is 0 Å². The van der Waals surface area contributed by atoms with E-state index in [4.69, 9.17) is 0 Å². The Hall–Kier alpha value is -2.43. The highest BCUT2D eigenvalue weighted by molar-refractivity contribution is 5.92. The molecule has 5 nitrogen and oxygen atoms in total. The van der Waals surface area contributed by atoms with E-state index in [1.807, 2.05) is 49.1 Å². The summed E-state index contributed by atoms with van der Waals surface area (Å²) >= 11 is 0. The van der Waals surface area contributed by atoms with E-state index in [0.29, 0.717) is 18.2 Å². The molecule has 0 saturated carbocycles. The zero-order chi connectivity index (χ0) is 16.7. The van der Waals surface area contributed by atoms with Crippen LogP contribution in [0, 0.1) is 6.92 Å². The van der Waals surface area contributed by atoms with Crippen LogP contribution in [0.25, 0.3) is 0 Å². The number of benzene rings is 1. The first-order chi connectivity index (χ1) is 11.2. The summed E-state index contributed by atoms with van der Waals surface area (Å²) in [6, 6.07) is 11.7. The first-order valence-corrected chi connectivity index (χ1v) is 8.12. The van der Waals surface area contributed by atoms with Crippen LogP contribution in [0.3, 0.4) is 0 Å². The number of para-hydroxylation sites is 1. The van der Waals surface area contributed by atoms with Gasteiger partial charge in [0, 0.05) is 24.5 Å². The predicted molar refractivity (Wildman–Crippen MR) is 93.1 cm³/mol. The van der Waals surface area contributed by atoms with Crippen molar-refractivity contribution in [2.24, 2.45) is 0 Å². The van der Waals surface area contributed by atoms with E-state index in [1.54, 1.807) is 6.07 Å². The van der Waals surface area contributed by atoms with Crippen molar-refractivity contribution in [3.05, 3.63) is 47.8 Å². The molecular formula is C18H24N4O. The lowest BCUT2D eigenvalue weighted by molar-refractivity contribution is 0.0948. The molecule has 2 aromatic rings. The number of carbonyl (C=O) groups is 1. The molecule has 1 N–H and O–H groups in total. The Morgan fingerprint density at radius 3 is 2.57 bits per heavy atom. The van der Waals surface area contributed by atoms with Crippen molar-refractivity contribution in [2.75, 3.05) is 18.0 Å². The van der Waals surface area contributed by atoms with Gasteiger partial charge in [0.25, 0.3) is 5.91 Å². The maximum Gasteiger partial charge on any atom is 0.270 e. The van der Waals surface area contributed by atoms with Crippen molar-refractivity contribution < 1.29 is 4.79 Å². The molecule has 0 fully saturated rings. The van der Waals surface area contributed by atoms with E-state index in [9.17, 15) is 4.79 Å². The fraction of sp³-hybridized carbons (Fsp3) is 0.389. The van der Waals surface area contributed by atoms with Crippen molar-refractivity contribution in [1.29, 1.82) is 0 Å². The number of hydrogen-bond acceptors (Lipinski definition) is 4. The molecule has 2 rings (SSSR count). The van der Waals surface area contributed by atoms with Crippen LogP contribution >= 0.6 is 0 Å². The van der Waals surface area contributed by atoms with Crippen LogP contribution in [0.15, 0.2) is 36.4 Å². The fourth-order valence-corrected chi connectivity index (χ4v) is 2.31. The number of rotatable bonds is 7. The molecule has 0 spiro atoms. The lowest BCUT2D eigenvalue weighted by Crippen LogP contribution is -2.27. The van der Waals surface area contributed by atoms with Crippen molar-refractivity contribution in [3.8, 4) is 0 Å². The standard InChI is InChI=1S/C18H24N4O/c1-4-6-12-19-17(23)16-13-14(3)20-18(21-16)22(5-2)15-10-8-7-9-11-15/h7-11,13H,4-6,12H2,1-3H3,(H,19,23). The third kappa shape index (κ3) is 4.52. The summed E-state index contributed by atoms with van der Waals surface area (Å²) in [5.41, 5.74) is 2.21. The second-order valence-corrected chi connectivity index (χ2v) is 5.38. The maximum absolute atomic E-state index is 12.3. The Kier molecular flexibility index (Phi) is 6.09. The number of amides is 1. The summed E-state index contributed by atoms with van der Waals surface area (Å²) in [5, 5.41) is 2.90. The van der Waals surface area contributed by atoms with Crippen molar-refractivity contribution in [2.45, 2.75) is 33.6 Å². The van der Waals surface area contributed by atoms with Crippen LogP contribution in [-0.2, 0) is 0 Å². The van der Waals surface area contributed by atoms with Crippen LogP contribution in [0.1, 0.15) is 42.9 Å². The molecule has 122 valence electrons. The number of nitrogens with zero attached hydrogens (tertiary/aromatic N) is 3. The molecular weight excluding hydrogens is 288 g/mol. The van der Waals surface area contributed by atoms with Gasteiger partial charge in [0.2, 0.25) is 5.95 Å². The van der Waals surface area contributed by atoms with Gasteiger partial charge >= 0.3 is 0 Å². The first kappa shape index (κ1) is 16.9. The fourth-order valence-electron chi connectivity index (χ4n) is 2.31. The van der Waals surface area contributed by atoms with Crippen molar-refractivity contribution in [1.82, 2.24) is 15.3 Å². The lowest BCUT2D eigenvalue weighted by Gasteiger charge is -2.21. The summed E-state index contributed by atoms with van der Waals surface area (Å²) in [7, 11) is 0. The Balaban J connectivity index is 2.27. The molecule has 5 heteroatoms. The molecule has 1 heterocycles. The lowest BCUT2D eigenvalue weighted by atomic mass is 10.2. The van der Waals surface area contributed by atoms with E-state index in [-0.39, 0.29) is 5.91 Å². The Labute approximate surface area is 137 Å². The van der Waals surface area contributed by atoms with Crippen LogP contribution in [-0.4, -0.2) is 29.0 Å². The molecule has 0 unspecified atom stereocenters. The zero-order valence-corrected chi connectivity index (χ0v) is 14.0. The summed E-state index contributed by atoms with van der Waals surface area (Å²) in [6.07, 6.45) is 2.01. The van der Waals surface area contributed by atoms with Crippen LogP contribution in [0.5, 0.6) is 0 Å². The van der Waals surface area contributed by atoms with Gasteiger partial charge in [-0.3, -0.25) is 4.79 Å². The average molecular weight is 312 g/mol. The molecule has 1 aromatic carbocycles. The molecule has 0 bridgehead atoms. The maximum atomic E-state index is 12.3. The summed E-state index contributed by atoms with van der Waals surface area (Å²) < 4.78 is 0. The smallest absolute Gasteiger partial charge is 0.270 e. The third-order valence-electron chi connectivity index (χ3n) is 3.52. The largest absolute Gasteiger partial charge is 0.351 e. The number of nitrogens with one attached hydrogen (secondary N) is 1. The number of hydrogen-bond donors (Lipinski definition) is 1. The highest BCUT2D eigenvalue weighted by Crippen LogP contribution is 2.21. The molecule has 23 heavy (non-hydrogen) atoms. The van der Waals surface area contributed by atoms with Gasteiger partial charge in [0.15, 0.2) is 0 Å². The molecule has 0 aliphatic carbocycles. The quantitative estimate of drug-likeness (QED) is 0.795. The van der Waals surface area contributed by atoms with Gasteiger partial charge in [-0.05, 0) is 38.5 Å². The van der Waals surface area contributed by atoms with Gasteiger partial charge in [0.05, 0.1) is 0 Å². The monoisotopic (exact) mass is 312 g/mol. The number of carbonyl (C=O) groups excluding carboxylic acids is 1. The average Bonchev–Trinajstić information content (AvgIpc) is 2.56. The number of anilines is 2. The first-order valence-electron chi connectivity index (χ1n) is 8.12.